The molecule has 0 radical (unpaired) electrons. The molecule has 0 saturated heterocycles. The molecule has 1 nitrogen and oxygen atoms in total. The number of benzene rings is 1. The van der Waals surface area contributed by atoms with Crippen molar-refractivity contribution in [3.63, 3.8) is 0 Å². The molecule has 0 spiro atoms. The standard InChI is InChI=1S/C17H23N.C6H12.C4H8.C3H8.C2H6/c1-3-4-5-6-8-11-15(2)17(14-18)16-12-9-7-10-13-16;1-3-5-6-4-2;1-4(2)3;1-3-2;1-2/h4-5,7,9-10,12-14H,2-3,6,8,11,18H2,1H3;3H,1,4-6H2,2H3;1H2,2-3H3;3H2,1-2H3;1-2H3/b5-4-,17-14+;;;;. The molecule has 0 unspecified atom stereocenters. The largest absolute Gasteiger partial charge is 0.404 e. The molecule has 190 valence electrons. The molecule has 0 saturated carbocycles. The molecule has 1 heteroatoms. The van der Waals surface area contributed by atoms with Crippen LogP contribution in [-0.2, 0) is 0 Å². The first-order chi connectivity index (χ1) is 15.9. The van der Waals surface area contributed by atoms with Gasteiger partial charge in [-0.3, -0.25) is 0 Å². The van der Waals surface area contributed by atoms with E-state index in [4.69, 9.17) is 5.73 Å². The third-order valence-corrected chi connectivity index (χ3v) is 3.65. The first kappa shape index (κ1) is 38.0. The summed E-state index contributed by atoms with van der Waals surface area (Å²) in [6.45, 7) is 27.8. The topological polar surface area (TPSA) is 26.0 Å². The molecule has 0 aliphatic heterocycles. The first-order valence-corrected chi connectivity index (χ1v) is 12.9. The van der Waals surface area contributed by atoms with Gasteiger partial charge in [-0.05, 0) is 62.7 Å². The van der Waals surface area contributed by atoms with E-state index in [0.29, 0.717) is 0 Å². The molecule has 0 aliphatic rings. The fourth-order valence-electron chi connectivity index (χ4n) is 2.24. The Labute approximate surface area is 209 Å². The lowest BCUT2D eigenvalue weighted by atomic mass is 9.96. The summed E-state index contributed by atoms with van der Waals surface area (Å²) in [5, 5.41) is 0. The van der Waals surface area contributed by atoms with Crippen molar-refractivity contribution < 1.29 is 0 Å². The summed E-state index contributed by atoms with van der Waals surface area (Å²) in [6.07, 6.45) is 17.4. The SMILES string of the molecule is C=C(C)C.C=C(CCC/C=C\CC)/C(=C\N)c1ccccc1.C=CCCCC.CC.CCC. The van der Waals surface area contributed by atoms with Gasteiger partial charge in [0.25, 0.3) is 0 Å². The van der Waals surface area contributed by atoms with Gasteiger partial charge in [0, 0.05) is 6.20 Å². The van der Waals surface area contributed by atoms with Gasteiger partial charge in [-0.25, -0.2) is 0 Å². The lowest BCUT2D eigenvalue weighted by molar-refractivity contribution is 0.816. The van der Waals surface area contributed by atoms with E-state index in [1.807, 2.05) is 52.0 Å². The van der Waals surface area contributed by atoms with Crippen LogP contribution in [0.25, 0.3) is 5.57 Å². The Morgan fingerprint density at radius 1 is 0.879 bits per heavy atom. The minimum Gasteiger partial charge on any atom is -0.404 e. The van der Waals surface area contributed by atoms with Gasteiger partial charge in [0.2, 0.25) is 0 Å². The number of hydrogen-bond donors (Lipinski definition) is 1. The van der Waals surface area contributed by atoms with E-state index in [2.05, 4.69) is 71.7 Å². The molecule has 1 rings (SSSR count). The molecule has 2 N–H and O–H groups in total. The molecule has 33 heavy (non-hydrogen) atoms. The van der Waals surface area contributed by atoms with Crippen molar-refractivity contribution in [2.45, 2.75) is 107 Å². The summed E-state index contributed by atoms with van der Waals surface area (Å²) >= 11 is 0. The predicted octanol–water partition coefficient (Wildman–Crippen LogP) is 11.1. The van der Waals surface area contributed by atoms with Crippen molar-refractivity contribution in [1.82, 2.24) is 0 Å². The number of nitrogens with two attached hydrogens (primary N) is 1. The molecular weight excluding hydrogens is 398 g/mol. The second-order valence-corrected chi connectivity index (χ2v) is 7.67. The molecule has 1 aromatic rings. The van der Waals surface area contributed by atoms with E-state index in [-0.39, 0.29) is 0 Å². The maximum atomic E-state index is 5.72. The zero-order chi connectivity index (χ0) is 26.3. The highest BCUT2D eigenvalue weighted by Gasteiger charge is 2.04. The maximum absolute atomic E-state index is 5.72. The minimum atomic E-state index is 0.992. The zero-order valence-corrected chi connectivity index (χ0v) is 23.6. The van der Waals surface area contributed by atoms with E-state index >= 15 is 0 Å². The maximum Gasteiger partial charge on any atom is 0.00201 e. The van der Waals surface area contributed by atoms with Crippen LogP contribution in [0.5, 0.6) is 0 Å². The third-order valence-electron chi connectivity index (χ3n) is 3.65. The van der Waals surface area contributed by atoms with Crippen LogP contribution >= 0.6 is 0 Å². The Morgan fingerprint density at radius 3 is 1.76 bits per heavy atom. The fraction of sp³-hybridized carbons (Fsp3) is 0.500. The molecule has 0 atom stereocenters. The molecular formula is C32H57N. The Morgan fingerprint density at radius 2 is 1.39 bits per heavy atom. The van der Waals surface area contributed by atoms with Gasteiger partial charge in [-0.15, -0.1) is 13.2 Å². The monoisotopic (exact) mass is 455 g/mol. The zero-order valence-electron chi connectivity index (χ0n) is 23.6. The number of hydrogen-bond acceptors (Lipinski definition) is 1. The number of allylic oxidation sites excluding steroid dienone is 6. The van der Waals surface area contributed by atoms with Gasteiger partial charge in [0.1, 0.15) is 0 Å². The summed E-state index contributed by atoms with van der Waals surface area (Å²) < 4.78 is 0. The van der Waals surface area contributed by atoms with Crippen molar-refractivity contribution in [2.75, 3.05) is 0 Å². The van der Waals surface area contributed by atoms with Gasteiger partial charge >= 0.3 is 0 Å². The summed E-state index contributed by atoms with van der Waals surface area (Å²) in [5.41, 5.74) is 10.2. The van der Waals surface area contributed by atoms with E-state index in [9.17, 15) is 0 Å². The number of unbranched alkanes of at least 4 members (excludes halogenated alkanes) is 3. The van der Waals surface area contributed by atoms with Crippen LogP contribution in [0.1, 0.15) is 112 Å². The normalized spacial score (nSPS) is 9.52. The van der Waals surface area contributed by atoms with E-state index in [1.165, 1.54) is 31.3 Å². The minimum absolute atomic E-state index is 0.992. The summed E-state index contributed by atoms with van der Waals surface area (Å²) in [5.74, 6) is 0. The van der Waals surface area contributed by atoms with Crippen molar-refractivity contribution in [3.8, 4) is 0 Å². The first-order valence-electron chi connectivity index (χ1n) is 12.9. The van der Waals surface area contributed by atoms with Crippen LogP contribution in [0, 0.1) is 0 Å². The second-order valence-electron chi connectivity index (χ2n) is 7.67. The Hall–Kier alpha value is -2.28. The summed E-state index contributed by atoms with van der Waals surface area (Å²) in [6, 6.07) is 10.2. The molecule has 0 aromatic heterocycles. The van der Waals surface area contributed by atoms with Crippen LogP contribution in [0.3, 0.4) is 0 Å². The van der Waals surface area contributed by atoms with Crippen molar-refractivity contribution in [1.29, 1.82) is 0 Å². The molecule has 1 aromatic carbocycles. The van der Waals surface area contributed by atoms with Crippen LogP contribution in [0.2, 0.25) is 0 Å². The van der Waals surface area contributed by atoms with Crippen molar-refractivity contribution >= 4 is 5.57 Å². The van der Waals surface area contributed by atoms with Gasteiger partial charge in [-0.1, -0.05) is 122 Å². The molecule has 0 fully saturated rings. The Balaban J connectivity index is -0.000000230. The average molecular weight is 456 g/mol. The smallest absolute Gasteiger partial charge is 0.00201 e. The molecule has 0 bridgehead atoms. The fourth-order valence-corrected chi connectivity index (χ4v) is 2.24. The predicted molar refractivity (Wildman–Crippen MR) is 159 cm³/mol. The third kappa shape index (κ3) is 34.5. The van der Waals surface area contributed by atoms with E-state index in [0.717, 1.165) is 42.4 Å². The highest BCUT2D eigenvalue weighted by Crippen LogP contribution is 2.24. The quantitative estimate of drug-likeness (QED) is 0.212. The summed E-state index contributed by atoms with van der Waals surface area (Å²) in [7, 11) is 0. The Bertz CT molecular complexity index is 586. The van der Waals surface area contributed by atoms with Crippen LogP contribution in [0.4, 0.5) is 0 Å². The summed E-state index contributed by atoms with van der Waals surface area (Å²) in [4.78, 5) is 0. The van der Waals surface area contributed by atoms with Gasteiger partial charge in [-0.2, -0.15) is 0 Å². The van der Waals surface area contributed by atoms with Gasteiger partial charge in [0.05, 0.1) is 0 Å². The highest BCUT2D eigenvalue weighted by atomic mass is 14.5. The Kier molecular flexibility index (Phi) is 39.5. The van der Waals surface area contributed by atoms with Crippen molar-refractivity contribution in [3.05, 3.63) is 91.2 Å². The van der Waals surface area contributed by atoms with Crippen LogP contribution in [-0.4, -0.2) is 0 Å². The van der Waals surface area contributed by atoms with Crippen molar-refractivity contribution in [2.24, 2.45) is 5.73 Å². The lowest BCUT2D eigenvalue weighted by Crippen LogP contribution is -1.93. The molecule has 0 amide bonds. The highest BCUT2D eigenvalue weighted by molar-refractivity contribution is 5.77. The van der Waals surface area contributed by atoms with E-state index in [1.54, 1.807) is 6.20 Å². The van der Waals surface area contributed by atoms with E-state index < -0.39 is 0 Å². The second kappa shape index (κ2) is 34.3. The molecule has 0 aliphatic carbocycles. The van der Waals surface area contributed by atoms with Gasteiger partial charge in [0.15, 0.2) is 0 Å². The average Bonchev–Trinajstić information content (AvgIpc) is 2.81. The van der Waals surface area contributed by atoms with Crippen LogP contribution in [0.15, 0.2) is 85.6 Å². The number of rotatable bonds is 10. The molecule has 0 heterocycles. The van der Waals surface area contributed by atoms with Crippen LogP contribution < -0.4 is 5.73 Å². The lowest BCUT2D eigenvalue weighted by Gasteiger charge is -2.10. The van der Waals surface area contributed by atoms with Gasteiger partial charge < -0.3 is 5.73 Å².